The number of amides is 2. The molecule has 0 saturated carbocycles. The highest BCUT2D eigenvalue weighted by atomic mass is 16.6. The van der Waals surface area contributed by atoms with Gasteiger partial charge in [-0.3, -0.25) is 29.4 Å². The van der Waals surface area contributed by atoms with Gasteiger partial charge in [0, 0.05) is 29.4 Å². The van der Waals surface area contributed by atoms with Crippen molar-refractivity contribution in [2.45, 2.75) is 38.4 Å². The molecule has 2 aromatic carbocycles. The third-order valence-electron chi connectivity index (χ3n) is 7.09. The Kier molecular flexibility index (Phi) is 4.88. The minimum Gasteiger partial charge on any atom is -0.352 e. The molecule has 168 valence electrons. The van der Waals surface area contributed by atoms with E-state index in [1.807, 2.05) is 55.2 Å². The van der Waals surface area contributed by atoms with Gasteiger partial charge in [0.2, 0.25) is 11.8 Å². The number of ketones is 1. The van der Waals surface area contributed by atoms with Gasteiger partial charge in [0.25, 0.3) is 5.69 Å². The Bertz CT molecular complexity index is 1220. The van der Waals surface area contributed by atoms with Crippen molar-refractivity contribution in [3.05, 3.63) is 75.8 Å². The van der Waals surface area contributed by atoms with Gasteiger partial charge in [-0.05, 0) is 25.0 Å². The third kappa shape index (κ3) is 3.01. The minimum absolute atomic E-state index is 0.155. The van der Waals surface area contributed by atoms with Gasteiger partial charge in [-0.15, -0.1) is 0 Å². The SMILES string of the molecule is CC[C@@H](C)N1C(=O)[C@@H]2[C@H](C1=O)[C@@H]1C=Cc3ccccc3N1[C@@H]2C(=O)c1cccc([N+](=O)[O-])c1. The van der Waals surface area contributed by atoms with Crippen LogP contribution in [0.15, 0.2) is 54.6 Å². The quantitative estimate of drug-likeness (QED) is 0.302. The van der Waals surface area contributed by atoms with Gasteiger partial charge < -0.3 is 4.90 Å². The molecule has 0 N–H and O–H groups in total. The molecule has 3 heterocycles. The first-order valence-electron chi connectivity index (χ1n) is 11.1. The van der Waals surface area contributed by atoms with Crippen molar-refractivity contribution in [1.29, 1.82) is 0 Å². The van der Waals surface area contributed by atoms with Crippen LogP contribution in [0, 0.1) is 22.0 Å². The number of hydrogen-bond donors (Lipinski definition) is 0. The van der Waals surface area contributed by atoms with E-state index in [9.17, 15) is 24.5 Å². The van der Waals surface area contributed by atoms with Crippen molar-refractivity contribution in [2.24, 2.45) is 11.8 Å². The zero-order chi connectivity index (χ0) is 23.4. The molecule has 0 spiro atoms. The molecule has 8 nitrogen and oxygen atoms in total. The summed E-state index contributed by atoms with van der Waals surface area (Å²) in [5.41, 5.74) is 1.63. The largest absolute Gasteiger partial charge is 0.352 e. The molecular formula is C25H23N3O5. The van der Waals surface area contributed by atoms with E-state index in [1.54, 1.807) is 0 Å². The second kappa shape index (κ2) is 7.65. The molecule has 0 radical (unpaired) electrons. The normalized spacial score (nSPS) is 26.1. The third-order valence-corrected chi connectivity index (χ3v) is 7.09. The number of carbonyl (C=O) groups is 3. The summed E-state index contributed by atoms with van der Waals surface area (Å²) in [5.74, 6) is -2.52. The molecule has 0 bridgehead atoms. The van der Waals surface area contributed by atoms with E-state index in [0.717, 1.165) is 11.3 Å². The summed E-state index contributed by atoms with van der Waals surface area (Å²) in [6.07, 6.45) is 4.44. The number of carbonyl (C=O) groups excluding carboxylic acids is 3. The first kappa shape index (κ1) is 21.1. The zero-order valence-electron chi connectivity index (χ0n) is 18.3. The number of Topliss-reactive ketones (excluding diaryl/α,β-unsaturated/α-hetero) is 1. The van der Waals surface area contributed by atoms with Gasteiger partial charge in [0.1, 0.15) is 6.04 Å². The molecule has 8 heteroatoms. The number of likely N-dealkylation sites (tertiary alicyclic amines) is 1. The van der Waals surface area contributed by atoms with Gasteiger partial charge in [-0.25, -0.2) is 0 Å². The highest BCUT2D eigenvalue weighted by Crippen LogP contribution is 2.49. The lowest BCUT2D eigenvalue weighted by Crippen LogP contribution is -2.50. The summed E-state index contributed by atoms with van der Waals surface area (Å²) >= 11 is 0. The van der Waals surface area contributed by atoms with Crippen molar-refractivity contribution >= 4 is 35.0 Å². The predicted molar refractivity (Wildman–Crippen MR) is 122 cm³/mol. The van der Waals surface area contributed by atoms with Gasteiger partial charge >= 0.3 is 0 Å². The highest BCUT2D eigenvalue weighted by molar-refractivity contribution is 6.14. The van der Waals surface area contributed by atoms with Crippen LogP contribution < -0.4 is 4.90 Å². The smallest absolute Gasteiger partial charge is 0.270 e. The lowest BCUT2D eigenvalue weighted by atomic mass is 9.86. The topological polar surface area (TPSA) is 101 Å². The summed E-state index contributed by atoms with van der Waals surface area (Å²) in [4.78, 5) is 54.8. The molecule has 0 unspecified atom stereocenters. The number of imide groups is 1. The van der Waals surface area contributed by atoms with Crippen LogP contribution in [0.25, 0.3) is 6.08 Å². The standard InChI is InChI=1S/C25H23N3O5/c1-3-14(2)26-24(30)20-19-12-11-15-7-4-5-10-18(15)27(19)22(21(20)25(26)31)23(29)16-8-6-9-17(13-16)28(32)33/h4-14,19-22H,3H2,1-2H3/t14-,19+,20-,21-,22+/m1/s1. The number of hydrogen-bond acceptors (Lipinski definition) is 6. The van der Waals surface area contributed by atoms with E-state index < -0.39 is 34.6 Å². The first-order chi connectivity index (χ1) is 15.8. The molecule has 0 aliphatic carbocycles. The van der Waals surface area contributed by atoms with Crippen LogP contribution in [0.1, 0.15) is 36.2 Å². The maximum atomic E-state index is 13.9. The van der Waals surface area contributed by atoms with Crippen LogP contribution in [0.4, 0.5) is 11.4 Å². The fourth-order valence-corrected chi connectivity index (χ4v) is 5.40. The van der Waals surface area contributed by atoms with Crippen molar-refractivity contribution < 1.29 is 19.3 Å². The Morgan fingerprint density at radius 3 is 2.55 bits per heavy atom. The average molecular weight is 445 g/mol. The number of rotatable bonds is 5. The zero-order valence-corrected chi connectivity index (χ0v) is 18.3. The number of benzene rings is 2. The number of fused-ring (bicyclic) bond motifs is 5. The molecule has 2 amide bonds. The predicted octanol–water partition coefficient (Wildman–Crippen LogP) is 3.46. The average Bonchev–Trinajstić information content (AvgIpc) is 3.31. The fraction of sp³-hybridized carbons (Fsp3) is 0.320. The van der Waals surface area contributed by atoms with Crippen molar-refractivity contribution in [1.82, 2.24) is 4.90 Å². The molecule has 2 saturated heterocycles. The molecular weight excluding hydrogens is 422 g/mol. The van der Waals surface area contributed by atoms with Gasteiger partial charge in [-0.1, -0.05) is 49.4 Å². The molecule has 33 heavy (non-hydrogen) atoms. The van der Waals surface area contributed by atoms with Crippen LogP contribution >= 0.6 is 0 Å². The van der Waals surface area contributed by atoms with E-state index in [2.05, 4.69) is 0 Å². The maximum Gasteiger partial charge on any atom is 0.270 e. The van der Waals surface area contributed by atoms with Crippen LogP contribution in [0.3, 0.4) is 0 Å². The summed E-state index contributed by atoms with van der Waals surface area (Å²) in [6, 6.07) is 11.5. The number of nitro benzene ring substituents is 1. The minimum atomic E-state index is -0.932. The van der Waals surface area contributed by atoms with Crippen molar-refractivity contribution in [2.75, 3.05) is 4.90 Å². The lowest BCUT2D eigenvalue weighted by molar-refractivity contribution is -0.384. The van der Waals surface area contributed by atoms with Gasteiger partial charge in [0.05, 0.1) is 22.8 Å². The molecule has 5 atom stereocenters. The van der Waals surface area contributed by atoms with Gasteiger partial charge in [0.15, 0.2) is 5.78 Å². The molecule has 5 rings (SSSR count). The lowest BCUT2D eigenvalue weighted by Gasteiger charge is -2.37. The van der Waals surface area contributed by atoms with Crippen LogP contribution in [0.2, 0.25) is 0 Å². The molecule has 3 aliphatic rings. The summed E-state index contributed by atoms with van der Waals surface area (Å²) in [6.45, 7) is 3.74. The Labute approximate surface area is 190 Å². The summed E-state index contributed by atoms with van der Waals surface area (Å²) in [7, 11) is 0. The number of anilines is 1. The molecule has 2 fully saturated rings. The van der Waals surface area contributed by atoms with E-state index in [1.165, 1.54) is 29.2 Å². The molecule has 0 aromatic heterocycles. The van der Waals surface area contributed by atoms with Crippen LogP contribution in [-0.2, 0) is 9.59 Å². The Hall–Kier alpha value is -3.81. The van der Waals surface area contributed by atoms with Crippen LogP contribution in [0.5, 0.6) is 0 Å². The number of nitro groups is 1. The second-order valence-electron chi connectivity index (χ2n) is 8.79. The Morgan fingerprint density at radius 1 is 1.09 bits per heavy atom. The summed E-state index contributed by atoms with van der Waals surface area (Å²) < 4.78 is 0. The fourth-order valence-electron chi connectivity index (χ4n) is 5.40. The monoisotopic (exact) mass is 445 g/mol. The summed E-state index contributed by atoms with van der Waals surface area (Å²) in [5, 5.41) is 11.3. The van der Waals surface area contributed by atoms with Gasteiger partial charge in [-0.2, -0.15) is 0 Å². The van der Waals surface area contributed by atoms with E-state index in [0.29, 0.717) is 6.42 Å². The van der Waals surface area contributed by atoms with E-state index in [4.69, 9.17) is 0 Å². The molecule has 2 aromatic rings. The number of para-hydroxylation sites is 1. The van der Waals surface area contributed by atoms with E-state index >= 15 is 0 Å². The Morgan fingerprint density at radius 2 is 1.82 bits per heavy atom. The van der Waals surface area contributed by atoms with Crippen molar-refractivity contribution in [3.8, 4) is 0 Å². The highest BCUT2D eigenvalue weighted by Gasteiger charge is 2.64. The van der Waals surface area contributed by atoms with Crippen LogP contribution in [-0.4, -0.2) is 45.5 Å². The Balaban J connectivity index is 1.65. The van der Waals surface area contributed by atoms with E-state index in [-0.39, 0.29) is 29.1 Å². The maximum absolute atomic E-state index is 13.9. The molecule has 3 aliphatic heterocycles. The number of non-ortho nitro benzene ring substituents is 1. The second-order valence-corrected chi connectivity index (χ2v) is 8.79. The van der Waals surface area contributed by atoms with Crippen molar-refractivity contribution in [3.63, 3.8) is 0 Å². The number of nitrogens with zero attached hydrogens (tertiary/aromatic N) is 3. The first-order valence-corrected chi connectivity index (χ1v) is 11.1.